The number of anilines is 1. The summed E-state index contributed by atoms with van der Waals surface area (Å²) in [6.45, 7) is 1.54. The van der Waals surface area contributed by atoms with Gasteiger partial charge in [0, 0.05) is 37.6 Å². The maximum absolute atomic E-state index is 10.9. The molecular formula is C13H13ClN2O. The molecule has 0 unspecified atom stereocenters. The minimum absolute atomic E-state index is 0.0281. The van der Waals surface area contributed by atoms with Crippen LogP contribution in [0.3, 0.4) is 0 Å². The standard InChI is InChI=1S/C13H13ClN2O/c14-12-3-1-2-4-13(12)15-7-10-16-8-5-11(17)6-9-16/h1-6,8-9,15H,7,10H2. The van der Waals surface area contributed by atoms with Crippen LogP contribution in [0.4, 0.5) is 5.69 Å². The van der Waals surface area contributed by atoms with E-state index in [0.29, 0.717) is 5.02 Å². The number of hydrogen-bond acceptors (Lipinski definition) is 2. The van der Waals surface area contributed by atoms with Crippen LogP contribution in [0.5, 0.6) is 0 Å². The summed E-state index contributed by atoms with van der Waals surface area (Å²) in [5.74, 6) is 0. The molecule has 0 aliphatic rings. The average Bonchev–Trinajstić information content (AvgIpc) is 2.34. The second-order valence-electron chi connectivity index (χ2n) is 3.68. The Balaban J connectivity index is 1.90. The molecule has 1 N–H and O–H groups in total. The Morgan fingerprint density at radius 3 is 2.53 bits per heavy atom. The van der Waals surface area contributed by atoms with E-state index in [4.69, 9.17) is 11.6 Å². The number of rotatable bonds is 4. The van der Waals surface area contributed by atoms with Crippen LogP contribution in [0, 0.1) is 0 Å². The largest absolute Gasteiger partial charge is 0.382 e. The van der Waals surface area contributed by atoms with Crippen molar-refractivity contribution in [1.29, 1.82) is 0 Å². The van der Waals surface area contributed by atoms with Crippen molar-refractivity contribution in [2.24, 2.45) is 0 Å². The molecule has 0 spiro atoms. The smallest absolute Gasteiger partial charge is 0.181 e. The molecule has 0 fully saturated rings. The molecule has 0 saturated carbocycles. The van der Waals surface area contributed by atoms with Crippen molar-refractivity contribution in [3.8, 4) is 0 Å². The second-order valence-corrected chi connectivity index (χ2v) is 4.09. The highest BCUT2D eigenvalue weighted by atomic mass is 35.5. The zero-order valence-corrected chi connectivity index (χ0v) is 10.0. The minimum Gasteiger partial charge on any atom is -0.382 e. The van der Waals surface area contributed by atoms with Gasteiger partial charge in [-0.1, -0.05) is 23.7 Å². The van der Waals surface area contributed by atoms with Crippen molar-refractivity contribution >= 4 is 17.3 Å². The molecule has 88 valence electrons. The van der Waals surface area contributed by atoms with Crippen LogP contribution in [0.1, 0.15) is 0 Å². The number of pyridine rings is 1. The van der Waals surface area contributed by atoms with E-state index in [1.165, 1.54) is 0 Å². The predicted molar refractivity (Wildman–Crippen MR) is 70.6 cm³/mol. The van der Waals surface area contributed by atoms with Crippen LogP contribution in [0.15, 0.2) is 53.6 Å². The Hall–Kier alpha value is -1.74. The first kappa shape index (κ1) is 11.7. The number of hydrogen-bond donors (Lipinski definition) is 1. The fraction of sp³-hybridized carbons (Fsp3) is 0.154. The first-order valence-electron chi connectivity index (χ1n) is 5.40. The second kappa shape index (κ2) is 5.55. The van der Waals surface area contributed by atoms with Gasteiger partial charge in [0.15, 0.2) is 5.43 Å². The lowest BCUT2D eigenvalue weighted by atomic mass is 10.3. The Kier molecular flexibility index (Phi) is 3.83. The molecule has 1 aromatic heterocycles. The average molecular weight is 249 g/mol. The lowest BCUT2D eigenvalue weighted by Crippen LogP contribution is -2.12. The van der Waals surface area contributed by atoms with Gasteiger partial charge in [0.05, 0.1) is 10.7 Å². The molecule has 0 saturated heterocycles. The molecule has 0 aliphatic carbocycles. The first-order chi connectivity index (χ1) is 8.25. The number of benzene rings is 1. The zero-order chi connectivity index (χ0) is 12.1. The van der Waals surface area contributed by atoms with Gasteiger partial charge >= 0.3 is 0 Å². The van der Waals surface area contributed by atoms with Crippen LogP contribution < -0.4 is 10.7 Å². The Morgan fingerprint density at radius 1 is 1.12 bits per heavy atom. The molecule has 0 atom stereocenters. The van der Waals surface area contributed by atoms with Crippen molar-refractivity contribution in [2.45, 2.75) is 6.54 Å². The third-order valence-corrected chi connectivity index (χ3v) is 2.75. The van der Waals surface area contributed by atoms with Crippen LogP contribution >= 0.6 is 11.6 Å². The van der Waals surface area contributed by atoms with E-state index in [-0.39, 0.29) is 5.43 Å². The van der Waals surface area contributed by atoms with Gasteiger partial charge in [-0.25, -0.2) is 0 Å². The van der Waals surface area contributed by atoms with Crippen molar-refractivity contribution in [3.05, 3.63) is 64.0 Å². The van der Waals surface area contributed by atoms with Crippen molar-refractivity contribution in [3.63, 3.8) is 0 Å². The van der Waals surface area contributed by atoms with Crippen molar-refractivity contribution in [1.82, 2.24) is 4.57 Å². The highest BCUT2D eigenvalue weighted by molar-refractivity contribution is 6.33. The summed E-state index contributed by atoms with van der Waals surface area (Å²) in [4.78, 5) is 10.9. The summed E-state index contributed by atoms with van der Waals surface area (Å²) < 4.78 is 1.95. The lowest BCUT2D eigenvalue weighted by molar-refractivity contribution is 0.721. The summed E-state index contributed by atoms with van der Waals surface area (Å²) in [6.07, 6.45) is 3.55. The van der Waals surface area contributed by atoms with E-state index in [1.807, 2.05) is 28.8 Å². The molecule has 4 heteroatoms. The topological polar surface area (TPSA) is 34.0 Å². The summed E-state index contributed by atoms with van der Waals surface area (Å²) in [5.41, 5.74) is 0.954. The number of nitrogens with one attached hydrogen (secondary N) is 1. The predicted octanol–water partition coefficient (Wildman–Crippen LogP) is 2.61. The van der Waals surface area contributed by atoms with Gasteiger partial charge in [-0.15, -0.1) is 0 Å². The van der Waals surface area contributed by atoms with Crippen LogP contribution in [0.2, 0.25) is 5.02 Å². The monoisotopic (exact) mass is 248 g/mol. The van der Waals surface area contributed by atoms with Gasteiger partial charge in [0.2, 0.25) is 0 Å². The summed E-state index contributed by atoms with van der Waals surface area (Å²) >= 11 is 6.02. The third-order valence-electron chi connectivity index (χ3n) is 2.42. The number of aromatic nitrogens is 1. The highest BCUT2D eigenvalue weighted by Gasteiger charge is 1.96. The molecule has 2 aromatic rings. The summed E-state index contributed by atoms with van der Waals surface area (Å²) in [5, 5.41) is 3.96. The Morgan fingerprint density at radius 2 is 1.82 bits per heavy atom. The number of para-hydroxylation sites is 1. The minimum atomic E-state index is 0.0281. The van der Waals surface area contributed by atoms with Gasteiger partial charge < -0.3 is 9.88 Å². The molecular weight excluding hydrogens is 236 g/mol. The third kappa shape index (κ3) is 3.36. The molecule has 0 radical (unpaired) electrons. The van der Waals surface area contributed by atoms with Crippen molar-refractivity contribution < 1.29 is 0 Å². The van der Waals surface area contributed by atoms with Crippen LogP contribution in [-0.4, -0.2) is 11.1 Å². The number of nitrogens with zero attached hydrogens (tertiary/aromatic N) is 1. The molecule has 0 amide bonds. The number of halogens is 1. The van der Waals surface area contributed by atoms with Gasteiger partial charge in [0.25, 0.3) is 0 Å². The fourth-order valence-electron chi connectivity index (χ4n) is 1.52. The van der Waals surface area contributed by atoms with E-state index in [1.54, 1.807) is 24.5 Å². The maximum atomic E-state index is 10.9. The fourth-order valence-corrected chi connectivity index (χ4v) is 1.72. The van der Waals surface area contributed by atoms with E-state index in [0.717, 1.165) is 18.8 Å². The van der Waals surface area contributed by atoms with E-state index in [2.05, 4.69) is 5.32 Å². The first-order valence-corrected chi connectivity index (χ1v) is 5.78. The van der Waals surface area contributed by atoms with Gasteiger partial charge in [-0.3, -0.25) is 4.79 Å². The Labute approximate surface area is 105 Å². The molecule has 0 bridgehead atoms. The summed E-state index contributed by atoms with van der Waals surface area (Å²) in [6, 6.07) is 10.7. The van der Waals surface area contributed by atoms with E-state index in [9.17, 15) is 4.79 Å². The zero-order valence-electron chi connectivity index (χ0n) is 9.27. The molecule has 17 heavy (non-hydrogen) atoms. The normalized spacial score (nSPS) is 10.2. The maximum Gasteiger partial charge on any atom is 0.181 e. The van der Waals surface area contributed by atoms with E-state index < -0.39 is 0 Å². The molecule has 0 aliphatic heterocycles. The van der Waals surface area contributed by atoms with Crippen LogP contribution in [-0.2, 0) is 6.54 Å². The van der Waals surface area contributed by atoms with Crippen LogP contribution in [0.25, 0.3) is 0 Å². The molecule has 2 rings (SSSR count). The highest BCUT2D eigenvalue weighted by Crippen LogP contribution is 2.19. The van der Waals surface area contributed by atoms with E-state index >= 15 is 0 Å². The van der Waals surface area contributed by atoms with Gasteiger partial charge in [-0.05, 0) is 12.1 Å². The lowest BCUT2D eigenvalue weighted by Gasteiger charge is -2.09. The Bertz CT molecular complexity index is 531. The molecule has 3 nitrogen and oxygen atoms in total. The SMILES string of the molecule is O=c1ccn(CCNc2ccccc2Cl)cc1. The summed E-state index contributed by atoms with van der Waals surface area (Å²) in [7, 11) is 0. The van der Waals surface area contributed by atoms with Gasteiger partial charge in [0.1, 0.15) is 0 Å². The van der Waals surface area contributed by atoms with Gasteiger partial charge in [-0.2, -0.15) is 0 Å². The molecule has 1 heterocycles. The van der Waals surface area contributed by atoms with Crippen molar-refractivity contribution in [2.75, 3.05) is 11.9 Å². The quantitative estimate of drug-likeness (QED) is 0.903. The molecule has 1 aromatic carbocycles.